The molecule has 6 rings (SSSR count). The quantitative estimate of drug-likeness (QED) is 0.129. The first-order valence-corrected chi connectivity index (χ1v) is 16.4. The molecule has 2 aromatic heterocycles. The number of thiazole rings is 1. The van der Waals surface area contributed by atoms with Gasteiger partial charge >= 0.3 is 12.1 Å². The SMILES string of the molecule is N[SH+](=O)c1ccc(Cc2c(-c3cccc(N4CCC(C(F)(F)F)CC4)c3)nn(-c3nc(C(=O)O)cs3)c2CC2CC2)cc1F.[OH-]. The summed E-state index contributed by atoms with van der Waals surface area (Å²) in [5, 5.41) is 21.7. The predicted molar refractivity (Wildman–Crippen MR) is 162 cm³/mol. The first-order valence-electron chi connectivity index (χ1n) is 14.2. The number of hydrogen-bond acceptors (Lipinski definition) is 7. The van der Waals surface area contributed by atoms with Crippen LogP contribution in [0.4, 0.5) is 23.2 Å². The largest absolute Gasteiger partial charge is 0.870 e. The predicted octanol–water partition coefficient (Wildman–Crippen LogP) is 5.91. The number of piperidine rings is 1. The molecule has 240 valence electrons. The molecule has 1 unspecified atom stereocenters. The van der Waals surface area contributed by atoms with Gasteiger partial charge < -0.3 is 15.5 Å². The lowest BCUT2D eigenvalue weighted by Gasteiger charge is -2.34. The van der Waals surface area contributed by atoms with Gasteiger partial charge in [-0.15, -0.1) is 16.5 Å². The lowest BCUT2D eigenvalue weighted by Crippen LogP contribution is -2.39. The Kier molecular flexibility index (Phi) is 9.44. The minimum atomic E-state index is -4.21. The third-order valence-corrected chi connectivity index (χ3v) is 9.89. The van der Waals surface area contributed by atoms with Crippen LogP contribution >= 0.6 is 11.3 Å². The summed E-state index contributed by atoms with van der Waals surface area (Å²) in [4.78, 5) is 17.8. The van der Waals surface area contributed by atoms with Gasteiger partial charge in [-0.05, 0) is 67.9 Å². The number of halogens is 4. The molecule has 1 aliphatic carbocycles. The molecule has 15 heteroatoms. The van der Waals surface area contributed by atoms with Crippen molar-refractivity contribution >= 4 is 34.0 Å². The van der Waals surface area contributed by atoms with E-state index in [1.165, 1.54) is 17.5 Å². The van der Waals surface area contributed by atoms with Crippen LogP contribution in [0.25, 0.3) is 16.4 Å². The normalized spacial score (nSPS) is 16.4. The van der Waals surface area contributed by atoms with Crippen LogP contribution in [-0.4, -0.2) is 50.6 Å². The van der Waals surface area contributed by atoms with E-state index in [-0.39, 0.29) is 48.4 Å². The van der Waals surface area contributed by atoms with Gasteiger partial charge in [0.2, 0.25) is 10.0 Å². The second-order valence-corrected chi connectivity index (χ2v) is 13.3. The zero-order valence-corrected chi connectivity index (χ0v) is 25.6. The second-order valence-electron chi connectivity index (χ2n) is 11.3. The molecule has 1 aliphatic heterocycles. The summed E-state index contributed by atoms with van der Waals surface area (Å²) in [6.07, 6.45) is -1.17. The fraction of sp³-hybridized carbons (Fsp3) is 0.367. The van der Waals surface area contributed by atoms with E-state index in [1.54, 1.807) is 10.7 Å². The number of aromatic carboxylic acids is 1. The van der Waals surface area contributed by atoms with Crippen molar-refractivity contribution in [2.24, 2.45) is 17.0 Å². The first-order chi connectivity index (χ1) is 21.0. The summed E-state index contributed by atoms with van der Waals surface area (Å²) in [5.74, 6) is -2.72. The zero-order valence-electron chi connectivity index (χ0n) is 23.9. The Balaban J connectivity index is 0.00000400. The summed E-state index contributed by atoms with van der Waals surface area (Å²) < 4.78 is 68.1. The molecule has 3 heterocycles. The molecule has 1 saturated carbocycles. The fourth-order valence-electron chi connectivity index (χ4n) is 5.68. The molecule has 1 saturated heterocycles. The molecule has 4 aromatic rings. The molecule has 45 heavy (non-hydrogen) atoms. The van der Waals surface area contributed by atoms with Gasteiger partial charge in [0.05, 0.1) is 17.3 Å². The third-order valence-electron chi connectivity index (χ3n) is 8.23. The van der Waals surface area contributed by atoms with E-state index < -0.39 is 34.9 Å². The maximum atomic E-state index is 14.8. The van der Waals surface area contributed by atoms with Crippen LogP contribution in [0.2, 0.25) is 0 Å². The second kappa shape index (κ2) is 13.0. The minimum absolute atomic E-state index is 0. The number of nitrogens with two attached hydrogens (primary N) is 1. The third kappa shape index (κ3) is 7.11. The van der Waals surface area contributed by atoms with Crippen LogP contribution in [0.1, 0.15) is 53.0 Å². The van der Waals surface area contributed by atoms with E-state index in [2.05, 4.69) is 4.98 Å². The highest BCUT2D eigenvalue weighted by Crippen LogP contribution is 2.40. The number of carboxylic acids is 1. The zero-order chi connectivity index (χ0) is 31.2. The van der Waals surface area contributed by atoms with Gasteiger partial charge in [-0.1, -0.05) is 22.4 Å². The van der Waals surface area contributed by atoms with Crippen molar-refractivity contribution in [3.63, 3.8) is 0 Å². The summed E-state index contributed by atoms with van der Waals surface area (Å²) in [7, 11) is -2.35. The van der Waals surface area contributed by atoms with Gasteiger partial charge in [0.1, 0.15) is 0 Å². The molecule has 4 N–H and O–H groups in total. The number of benzene rings is 2. The molecule has 0 spiro atoms. The summed E-state index contributed by atoms with van der Waals surface area (Å²) in [6, 6.07) is 11.9. The Bertz CT molecular complexity index is 1730. The van der Waals surface area contributed by atoms with Gasteiger partial charge in [-0.2, -0.15) is 18.3 Å². The Labute approximate surface area is 262 Å². The van der Waals surface area contributed by atoms with Crippen LogP contribution < -0.4 is 10.0 Å². The molecular formula is C30H31F4N5O4S2. The van der Waals surface area contributed by atoms with Crippen molar-refractivity contribution in [2.45, 2.75) is 49.6 Å². The van der Waals surface area contributed by atoms with Crippen LogP contribution in [0, 0.1) is 17.7 Å². The van der Waals surface area contributed by atoms with Crippen molar-refractivity contribution in [3.8, 4) is 16.4 Å². The summed E-state index contributed by atoms with van der Waals surface area (Å²) >= 11 is 1.15. The van der Waals surface area contributed by atoms with E-state index in [0.29, 0.717) is 28.7 Å². The van der Waals surface area contributed by atoms with Crippen LogP contribution in [-0.2, 0) is 28.0 Å². The molecule has 9 nitrogen and oxygen atoms in total. The van der Waals surface area contributed by atoms with Gasteiger partial charge in [-0.25, -0.2) is 18.9 Å². The maximum absolute atomic E-state index is 14.8. The van der Waals surface area contributed by atoms with Crippen LogP contribution in [0.3, 0.4) is 0 Å². The minimum Gasteiger partial charge on any atom is -0.870 e. The highest BCUT2D eigenvalue weighted by Gasteiger charge is 2.41. The lowest BCUT2D eigenvalue weighted by molar-refractivity contribution is -0.179. The number of carbonyl (C=O) groups is 1. The Morgan fingerprint density at radius 2 is 1.84 bits per heavy atom. The number of carboxylic acid groups (broad SMARTS) is 1. The summed E-state index contributed by atoms with van der Waals surface area (Å²) in [6.45, 7) is 0.544. The number of nitrogens with zero attached hydrogens (tertiary/aromatic N) is 4. The fourth-order valence-corrected chi connectivity index (χ4v) is 6.95. The van der Waals surface area contributed by atoms with Crippen molar-refractivity contribution in [3.05, 3.63) is 76.2 Å². The van der Waals surface area contributed by atoms with Gasteiger partial charge in [0, 0.05) is 41.7 Å². The number of rotatable bonds is 9. The standard InChI is InChI=1S/C30H29F4N5O3S2.H2O/c31-23-13-18(6-7-26(23)44(35)42)12-22-25(14-17-4-5-17)39(29-36-24(16-43-29)28(40)41)37-27(22)19-2-1-3-21(15-19)38-10-8-20(9-11-38)30(32,33)34;/h1-3,6-7,13,15-17,20H,4-5,8-12,14H2,(H2,35,42)(H,40,41);1H2. The number of hydrogen-bond donors (Lipinski definition) is 2. The van der Waals surface area contributed by atoms with E-state index in [1.807, 2.05) is 29.2 Å². The van der Waals surface area contributed by atoms with Gasteiger partial charge in [0.25, 0.3) is 0 Å². The van der Waals surface area contributed by atoms with Crippen LogP contribution in [0.5, 0.6) is 0 Å². The topological polar surface area (TPSA) is 144 Å². The molecule has 2 aliphatic rings. The number of alkyl halides is 3. The molecule has 0 bridgehead atoms. The van der Waals surface area contributed by atoms with Gasteiger partial charge in [-0.3, -0.25) is 0 Å². The maximum Gasteiger partial charge on any atom is 0.391 e. The Morgan fingerprint density at radius 3 is 2.44 bits per heavy atom. The molecule has 2 aromatic carbocycles. The average molecular weight is 666 g/mol. The number of thiol groups is 1. The van der Waals surface area contributed by atoms with Gasteiger partial charge in [0.15, 0.2) is 22.5 Å². The highest BCUT2D eigenvalue weighted by molar-refractivity contribution is 7.82. The van der Waals surface area contributed by atoms with Crippen molar-refractivity contribution < 1.29 is 37.1 Å². The van der Waals surface area contributed by atoms with E-state index >= 15 is 0 Å². The average Bonchev–Trinajstić information content (AvgIpc) is 3.54. The molecule has 0 amide bonds. The van der Waals surface area contributed by atoms with E-state index in [4.69, 9.17) is 10.2 Å². The van der Waals surface area contributed by atoms with E-state index in [0.717, 1.165) is 46.7 Å². The monoisotopic (exact) mass is 665 g/mol. The summed E-state index contributed by atoms with van der Waals surface area (Å²) in [5.41, 5.74) is 4.24. The number of anilines is 1. The molecule has 1 atom stereocenters. The molecular weight excluding hydrogens is 634 g/mol. The van der Waals surface area contributed by atoms with E-state index in [9.17, 15) is 31.7 Å². The Morgan fingerprint density at radius 1 is 1.11 bits per heavy atom. The van der Waals surface area contributed by atoms with Crippen LogP contribution in [0.15, 0.2) is 52.7 Å². The highest BCUT2D eigenvalue weighted by atomic mass is 32.2. The first kappa shape index (κ1) is 32.7. The smallest absolute Gasteiger partial charge is 0.391 e. The lowest BCUT2D eigenvalue weighted by atomic mass is 9.95. The van der Waals surface area contributed by atoms with Crippen molar-refractivity contribution in [1.29, 1.82) is 0 Å². The number of aromatic nitrogens is 3. The molecule has 0 radical (unpaired) electrons. The Hall–Kier alpha value is -3.66. The van der Waals surface area contributed by atoms with Crippen molar-refractivity contribution in [2.75, 3.05) is 18.0 Å². The van der Waals surface area contributed by atoms with Crippen molar-refractivity contribution in [1.82, 2.24) is 14.8 Å². The molecule has 2 fully saturated rings.